The van der Waals surface area contributed by atoms with E-state index in [2.05, 4.69) is 19.6 Å². The number of aliphatic hydroxyl groups excluding tert-OH is 1. The fraction of sp³-hybridized carbons (Fsp3) is 0.545. The number of halogens is 3. The summed E-state index contributed by atoms with van der Waals surface area (Å²) in [6.45, 7) is -0.204. The van der Waals surface area contributed by atoms with Gasteiger partial charge in [0.05, 0.1) is 34.0 Å². The van der Waals surface area contributed by atoms with Gasteiger partial charge >= 0.3 is 5.25 Å². The van der Waals surface area contributed by atoms with Gasteiger partial charge in [0.25, 0.3) is 5.95 Å². The molecular formula is C22H25ClF2N4O3S2. The van der Waals surface area contributed by atoms with Crippen molar-refractivity contribution in [2.75, 3.05) is 23.4 Å². The van der Waals surface area contributed by atoms with Crippen LogP contribution in [0.1, 0.15) is 49.3 Å². The third kappa shape index (κ3) is 4.47. The molecule has 1 aliphatic carbocycles. The molecule has 7 nitrogen and oxygen atoms in total. The summed E-state index contributed by atoms with van der Waals surface area (Å²) in [4.78, 5) is 8.27. The summed E-state index contributed by atoms with van der Waals surface area (Å²) >= 11 is 5.97. The van der Waals surface area contributed by atoms with Gasteiger partial charge in [0.15, 0.2) is 0 Å². The molecule has 5 rings (SSSR count). The largest absolute Gasteiger partial charge is 0.394 e. The summed E-state index contributed by atoms with van der Waals surface area (Å²) in [5.41, 5.74) is 0.385. The molecule has 12 heteroatoms. The molecule has 1 aromatic heterocycles. The van der Waals surface area contributed by atoms with E-state index in [0.29, 0.717) is 42.2 Å². The minimum absolute atomic E-state index is 0.00846. The second kappa shape index (κ2) is 8.76. The van der Waals surface area contributed by atoms with Gasteiger partial charge in [-0.15, -0.1) is 0 Å². The number of benzene rings is 1. The van der Waals surface area contributed by atoms with Crippen molar-refractivity contribution < 1.29 is 22.3 Å². The van der Waals surface area contributed by atoms with Gasteiger partial charge in [-0.2, -0.15) is 18.1 Å². The van der Waals surface area contributed by atoms with Gasteiger partial charge in [-0.25, -0.2) is 13.4 Å². The number of alkyl halides is 2. The Bertz CT molecular complexity index is 1240. The van der Waals surface area contributed by atoms with Gasteiger partial charge in [-0.1, -0.05) is 23.7 Å². The SMILES string of the molecule is O=[S@@]1c2c(nc(N=S3(=O)CCC(c4ccc(Cl)cc4)CC3)nc2NC2(CO)CCC2)CC1(F)F. The Labute approximate surface area is 204 Å². The Hall–Kier alpha value is -1.69. The van der Waals surface area contributed by atoms with E-state index in [4.69, 9.17) is 11.6 Å². The van der Waals surface area contributed by atoms with Gasteiger partial charge in [-0.3, -0.25) is 0 Å². The van der Waals surface area contributed by atoms with Crippen LogP contribution in [0, 0.1) is 0 Å². The minimum atomic E-state index is -3.46. The monoisotopic (exact) mass is 530 g/mol. The number of nitrogens with one attached hydrogen (secondary N) is 1. The predicted molar refractivity (Wildman–Crippen MR) is 128 cm³/mol. The molecule has 0 amide bonds. The molecule has 0 radical (unpaired) electrons. The fourth-order valence-corrected chi connectivity index (χ4v) is 8.09. The van der Waals surface area contributed by atoms with E-state index in [1.165, 1.54) is 0 Å². The summed E-state index contributed by atoms with van der Waals surface area (Å²) < 4.78 is 58.8. The Kier molecular flexibility index (Phi) is 6.19. The lowest BCUT2D eigenvalue weighted by atomic mass is 9.77. The molecule has 0 unspecified atom stereocenters. The van der Waals surface area contributed by atoms with Crippen LogP contribution in [-0.4, -0.2) is 52.4 Å². The van der Waals surface area contributed by atoms with Crippen molar-refractivity contribution in [3.05, 3.63) is 40.5 Å². The van der Waals surface area contributed by atoms with Gasteiger partial charge in [-0.05, 0) is 55.7 Å². The molecule has 3 aliphatic rings. The highest BCUT2D eigenvalue weighted by molar-refractivity contribution is 7.93. The molecule has 1 saturated heterocycles. The van der Waals surface area contributed by atoms with Crippen LogP contribution in [0.2, 0.25) is 5.02 Å². The van der Waals surface area contributed by atoms with E-state index in [1.807, 2.05) is 24.3 Å². The van der Waals surface area contributed by atoms with Crippen LogP contribution in [-0.2, 0) is 26.9 Å². The zero-order valence-corrected chi connectivity index (χ0v) is 20.7. The molecule has 3 heterocycles. The van der Waals surface area contributed by atoms with Crippen LogP contribution in [0.3, 0.4) is 0 Å². The summed E-state index contributed by atoms with van der Waals surface area (Å²) in [5.74, 6) is 0.770. The Morgan fingerprint density at radius 2 is 1.88 bits per heavy atom. The average molecular weight is 531 g/mol. The quantitative estimate of drug-likeness (QED) is 0.594. The summed E-state index contributed by atoms with van der Waals surface area (Å²) in [5, 5.41) is 10.1. The Morgan fingerprint density at radius 3 is 2.47 bits per heavy atom. The Balaban J connectivity index is 1.45. The van der Waals surface area contributed by atoms with Gasteiger partial charge in [0.2, 0.25) is 0 Å². The molecule has 1 atom stereocenters. The zero-order valence-electron chi connectivity index (χ0n) is 18.3. The van der Waals surface area contributed by atoms with Crippen molar-refractivity contribution >= 4 is 43.9 Å². The van der Waals surface area contributed by atoms with Crippen LogP contribution in [0.15, 0.2) is 33.5 Å². The first-order valence-electron chi connectivity index (χ1n) is 11.2. The lowest BCUT2D eigenvalue weighted by Crippen LogP contribution is -2.48. The lowest BCUT2D eigenvalue weighted by Gasteiger charge is -2.41. The van der Waals surface area contributed by atoms with Crippen LogP contribution in [0.5, 0.6) is 0 Å². The van der Waals surface area contributed by atoms with Crippen molar-refractivity contribution in [2.24, 2.45) is 4.36 Å². The zero-order chi connectivity index (χ0) is 24.1. The molecule has 2 N–H and O–H groups in total. The summed E-state index contributed by atoms with van der Waals surface area (Å²) in [6.07, 6.45) is 2.69. The van der Waals surface area contributed by atoms with E-state index in [1.54, 1.807) is 0 Å². The van der Waals surface area contributed by atoms with E-state index in [9.17, 15) is 22.3 Å². The second-order valence-corrected chi connectivity index (χ2v) is 13.8. The first-order valence-corrected chi connectivity index (χ1v) is 14.6. The highest BCUT2D eigenvalue weighted by Crippen LogP contribution is 2.44. The summed E-state index contributed by atoms with van der Waals surface area (Å²) in [7, 11) is -5.29. The van der Waals surface area contributed by atoms with E-state index in [0.717, 1.165) is 12.0 Å². The number of fused-ring (bicyclic) bond motifs is 1. The van der Waals surface area contributed by atoms with Crippen LogP contribution >= 0.6 is 11.6 Å². The maximum absolute atomic E-state index is 14.3. The highest BCUT2D eigenvalue weighted by atomic mass is 35.5. The molecule has 1 saturated carbocycles. The van der Waals surface area contributed by atoms with Gasteiger partial charge in [0, 0.05) is 16.5 Å². The topological polar surface area (TPSA) is 105 Å². The molecule has 34 heavy (non-hydrogen) atoms. The van der Waals surface area contributed by atoms with E-state index >= 15 is 0 Å². The number of nitrogens with zero attached hydrogens (tertiary/aromatic N) is 3. The number of aliphatic hydroxyl groups is 1. The molecule has 2 aromatic rings. The normalized spacial score (nSPS) is 29.2. The molecule has 0 spiro atoms. The fourth-order valence-electron chi connectivity index (χ4n) is 4.72. The average Bonchev–Trinajstić information content (AvgIpc) is 3.00. The maximum atomic E-state index is 14.3. The number of rotatable bonds is 5. The number of anilines is 1. The van der Waals surface area contributed by atoms with Crippen LogP contribution in [0.25, 0.3) is 0 Å². The molecule has 0 bridgehead atoms. The highest BCUT2D eigenvalue weighted by Gasteiger charge is 2.50. The maximum Gasteiger partial charge on any atom is 0.331 e. The van der Waals surface area contributed by atoms with Crippen molar-refractivity contribution in [3.63, 3.8) is 0 Å². The van der Waals surface area contributed by atoms with Crippen molar-refractivity contribution in [2.45, 2.75) is 60.1 Å². The number of hydrogen-bond acceptors (Lipinski definition) is 7. The first kappa shape index (κ1) is 24.0. The van der Waals surface area contributed by atoms with Crippen LogP contribution < -0.4 is 5.32 Å². The first-order chi connectivity index (χ1) is 16.1. The van der Waals surface area contributed by atoms with E-state index in [-0.39, 0.29) is 34.9 Å². The van der Waals surface area contributed by atoms with Gasteiger partial charge in [0.1, 0.15) is 21.5 Å². The van der Waals surface area contributed by atoms with E-state index < -0.39 is 37.7 Å². The summed E-state index contributed by atoms with van der Waals surface area (Å²) in [6, 6.07) is 7.61. The number of aromatic nitrogens is 2. The second-order valence-electron chi connectivity index (χ2n) is 9.25. The van der Waals surface area contributed by atoms with Crippen LogP contribution in [0.4, 0.5) is 20.5 Å². The standard InChI is InChI=1S/C22H25ClF2N4O3S2/c23-16-4-2-14(3-5-16)15-6-10-34(32,11-7-15)29-20-26-17-12-22(24,25)33(31)18(17)19(27-20)28-21(13-30)8-1-9-21/h2-5,15,30H,1,6-13H2,(H,26,27,28)/t15?,33-,34?/m1/s1. The number of hydrogen-bond donors (Lipinski definition) is 2. The molecular weight excluding hydrogens is 506 g/mol. The third-order valence-corrected chi connectivity index (χ3v) is 10.9. The van der Waals surface area contributed by atoms with Crippen molar-refractivity contribution in [1.82, 2.24) is 9.97 Å². The molecule has 2 aliphatic heterocycles. The van der Waals surface area contributed by atoms with Gasteiger partial charge < -0.3 is 10.4 Å². The van der Waals surface area contributed by atoms with Crippen molar-refractivity contribution in [3.8, 4) is 0 Å². The lowest BCUT2D eigenvalue weighted by molar-refractivity contribution is 0.104. The third-order valence-electron chi connectivity index (χ3n) is 6.91. The molecule has 1 aromatic carbocycles. The smallest absolute Gasteiger partial charge is 0.331 e. The minimum Gasteiger partial charge on any atom is -0.394 e. The predicted octanol–water partition coefficient (Wildman–Crippen LogP) is 4.39. The van der Waals surface area contributed by atoms with Crippen molar-refractivity contribution in [1.29, 1.82) is 0 Å². The molecule has 2 fully saturated rings. The Morgan fingerprint density at radius 1 is 1.21 bits per heavy atom. The molecule has 184 valence electrons.